The summed E-state index contributed by atoms with van der Waals surface area (Å²) in [7, 11) is -1.97. The van der Waals surface area contributed by atoms with Crippen LogP contribution in [0, 0.1) is 0 Å². The lowest BCUT2D eigenvalue weighted by atomic mass is 10.1. The van der Waals surface area contributed by atoms with Gasteiger partial charge in [-0.25, -0.2) is 8.42 Å². The molecule has 0 aromatic heterocycles. The first-order chi connectivity index (χ1) is 9.60. The molecule has 1 aliphatic rings. The number of hydrogen-bond donors (Lipinski definition) is 1. The summed E-state index contributed by atoms with van der Waals surface area (Å²) in [4.78, 5) is 0. The number of fused-ring (bicyclic) bond motifs is 1. The van der Waals surface area contributed by atoms with Crippen LogP contribution in [0.1, 0.15) is 18.4 Å². The summed E-state index contributed by atoms with van der Waals surface area (Å²) in [6, 6.07) is 7.08. The standard InChI is InChI=1S/C13H18N2O4S/c1-19-9-10-20(17,18)15-8-4-6-12(14-16)11-5-2-3-7-13(11)15/h2-3,5,7,16H,4,6,8-10H2,1H3/b14-12-. The van der Waals surface area contributed by atoms with Crippen molar-refractivity contribution in [3.8, 4) is 0 Å². The average molecular weight is 298 g/mol. The van der Waals surface area contributed by atoms with Crippen LogP contribution in [0.3, 0.4) is 0 Å². The average Bonchev–Trinajstić information content (AvgIpc) is 2.64. The van der Waals surface area contributed by atoms with Crippen molar-refractivity contribution in [2.75, 3.05) is 30.3 Å². The van der Waals surface area contributed by atoms with E-state index in [4.69, 9.17) is 9.94 Å². The van der Waals surface area contributed by atoms with E-state index in [0.29, 0.717) is 36.3 Å². The van der Waals surface area contributed by atoms with E-state index in [-0.39, 0.29) is 12.4 Å². The maximum atomic E-state index is 12.4. The number of methoxy groups -OCH3 is 1. The topological polar surface area (TPSA) is 79.2 Å². The Kier molecular flexibility index (Phi) is 4.61. The van der Waals surface area contributed by atoms with E-state index in [9.17, 15) is 8.42 Å². The molecule has 0 spiro atoms. The Morgan fingerprint density at radius 2 is 2.15 bits per heavy atom. The van der Waals surface area contributed by atoms with Crippen LogP contribution in [0.15, 0.2) is 29.4 Å². The molecule has 110 valence electrons. The minimum Gasteiger partial charge on any atom is -0.411 e. The maximum absolute atomic E-state index is 12.4. The van der Waals surface area contributed by atoms with E-state index in [2.05, 4.69) is 5.16 Å². The van der Waals surface area contributed by atoms with E-state index in [1.165, 1.54) is 11.4 Å². The number of nitrogens with zero attached hydrogens (tertiary/aromatic N) is 2. The fourth-order valence-electron chi connectivity index (χ4n) is 2.27. The normalized spacial score (nSPS) is 17.9. The second-order valence-electron chi connectivity index (χ2n) is 4.55. The van der Waals surface area contributed by atoms with E-state index < -0.39 is 10.0 Å². The minimum atomic E-state index is -3.44. The summed E-state index contributed by atoms with van der Waals surface area (Å²) in [6.07, 6.45) is 1.16. The molecule has 1 aromatic carbocycles. The van der Waals surface area contributed by atoms with Gasteiger partial charge < -0.3 is 9.94 Å². The third kappa shape index (κ3) is 2.94. The van der Waals surface area contributed by atoms with Crippen molar-refractivity contribution < 1.29 is 18.4 Å². The molecular formula is C13H18N2O4S. The Morgan fingerprint density at radius 1 is 1.40 bits per heavy atom. The number of hydrogen-bond acceptors (Lipinski definition) is 5. The number of rotatable bonds is 4. The SMILES string of the molecule is COCCS(=O)(=O)N1CCC/C(=N/O)c2ccccc21. The molecule has 1 aromatic rings. The van der Waals surface area contributed by atoms with Gasteiger partial charge in [0.25, 0.3) is 0 Å². The zero-order chi connectivity index (χ0) is 14.6. The number of ether oxygens (including phenoxy) is 1. The van der Waals surface area contributed by atoms with Gasteiger partial charge >= 0.3 is 0 Å². The Balaban J connectivity index is 2.45. The molecular weight excluding hydrogens is 280 g/mol. The predicted molar refractivity (Wildman–Crippen MR) is 77.0 cm³/mol. The van der Waals surface area contributed by atoms with Crippen molar-refractivity contribution >= 4 is 21.4 Å². The summed E-state index contributed by atoms with van der Waals surface area (Å²) >= 11 is 0. The van der Waals surface area contributed by atoms with Crippen LogP contribution in [0.2, 0.25) is 0 Å². The molecule has 0 saturated carbocycles. The second kappa shape index (κ2) is 6.23. The van der Waals surface area contributed by atoms with E-state index in [0.717, 1.165) is 0 Å². The number of sulfonamides is 1. The highest BCUT2D eigenvalue weighted by Gasteiger charge is 2.28. The number of benzene rings is 1. The van der Waals surface area contributed by atoms with Crippen molar-refractivity contribution in [1.82, 2.24) is 0 Å². The third-order valence-electron chi connectivity index (χ3n) is 3.26. The molecule has 0 bridgehead atoms. The van der Waals surface area contributed by atoms with E-state index in [1.54, 1.807) is 24.3 Å². The Labute approximate surface area is 118 Å². The third-order valence-corrected chi connectivity index (χ3v) is 4.99. The summed E-state index contributed by atoms with van der Waals surface area (Å²) in [5.41, 5.74) is 1.74. The lowest BCUT2D eigenvalue weighted by molar-refractivity contribution is 0.217. The van der Waals surface area contributed by atoms with Gasteiger partial charge in [0.15, 0.2) is 0 Å². The van der Waals surface area contributed by atoms with Gasteiger partial charge in [-0.05, 0) is 18.9 Å². The monoisotopic (exact) mass is 298 g/mol. The molecule has 0 amide bonds. The number of oxime groups is 1. The molecule has 20 heavy (non-hydrogen) atoms. The highest BCUT2D eigenvalue weighted by atomic mass is 32.2. The van der Waals surface area contributed by atoms with Crippen LogP contribution >= 0.6 is 0 Å². The molecule has 7 heteroatoms. The summed E-state index contributed by atoms with van der Waals surface area (Å²) in [6.45, 7) is 0.532. The molecule has 1 aliphatic heterocycles. The van der Waals surface area contributed by atoms with Gasteiger partial charge in [0.05, 0.1) is 23.8 Å². The van der Waals surface area contributed by atoms with Gasteiger partial charge in [0, 0.05) is 19.2 Å². The van der Waals surface area contributed by atoms with Gasteiger partial charge in [-0.3, -0.25) is 4.31 Å². The first-order valence-electron chi connectivity index (χ1n) is 6.40. The minimum absolute atomic E-state index is 0.0660. The van der Waals surface area contributed by atoms with Gasteiger partial charge in [0.1, 0.15) is 0 Å². The molecule has 0 saturated heterocycles. The van der Waals surface area contributed by atoms with Crippen molar-refractivity contribution in [2.24, 2.45) is 5.16 Å². The van der Waals surface area contributed by atoms with Crippen LogP contribution in [-0.2, 0) is 14.8 Å². The lowest BCUT2D eigenvalue weighted by Gasteiger charge is -2.24. The second-order valence-corrected chi connectivity index (χ2v) is 6.56. The quantitative estimate of drug-likeness (QED) is 0.674. The van der Waals surface area contributed by atoms with Gasteiger partial charge in [-0.15, -0.1) is 0 Å². The van der Waals surface area contributed by atoms with Gasteiger partial charge in [-0.1, -0.05) is 23.4 Å². The van der Waals surface area contributed by atoms with Crippen LogP contribution < -0.4 is 4.31 Å². The highest BCUT2D eigenvalue weighted by molar-refractivity contribution is 7.92. The summed E-state index contributed by atoms with van der Waals surface area (Å²) < 4.78 is 31.0. The van der Waals surface area contributed by atoms with Crippen LogP contribution in [-0.4, -0.2) is 45.4 Å². The maximum Gasteiger partial charge on any atom is 0.237 e. The summed E-state index contributed by atoms with van der Waals surface area (Å²) in [5.74, 6) is -0.0660. The molecule has 2 rings (SSSR count). The molecule has 1 heterocycles. The van der Waals surface area contributed by atoms with E-state index in [1.807, 2.05) is 0 Å². The van der Waals surface area contributed by atoms with Crippen LogP contribution in [0.5, 0.6) is 0 Å². The zero-order valence-corrected chi connectivity index (χ0v) is 12.1. The molecule has 0 unspecified atom stereocenters. The van der Waals surface area contributed by atoms with Crippen LogP contribution in [0.4, 0.5) is 5.69 Å². The molecule has 0 fully saturated rings. The molecule has 0 radical (unpaired) electrons. The molecule has 0 aliphatic carbocycles. The van der Waals surface area contributed by atoms with Crippen LogP contribution in [0.25, 0.3) is 0 Å². The zero-order valence-electron chi connectivity index (χ0n) is 11.3. The van der Waals surface area contributed by atoms with Gasteiger partial charge in [0.2, 0.25) is 10.0 Å². The van der Waals surface area contributed by atoms with Crippen molar-refractivity contribution in [3.05, 3.63) is 29.8 Å². The summed E-state index contributed by atoms with van der Waals surface area (Å²) in [5, 5.41) is 12.4. The Morgan fingerprint density at radius 3 is 2.85 bits per heavy atom. The fourth-order valence-corrected chi connectivity index (χ4v) is 3.74. The van der Waals surface area contributed by atoms with E-state index >= 15 is 0 Å². The Hall–Kier alpha value is -1.60. The smallest absolute Gasteiger partial charge is 0.237 e. The lowest BCUT2D eigenvalue weighted by Crippen LogP contribution is -2.35. The predicted octanol–water partition coefficient (Wildman–Crippen LogP) is 1.44. The molecule has 6 nitrogen and oxygen atoms in total. The number of anilines is 1. The van der Waals surface area contributed by atoms with Crippen molar-refractivity contribution in [2.45, 2.75) is 12.8 Å². The fraction of sp³-hybridized carbons (Fsp3) is 0.462. The van der Waals surface area contributed by atoms with Gasteiger partial charge in [-0.2, -0.15) is 0 Å². The largest absolute Gasteiger partial charge is 0.411 e. The first-order valence-corrected chi connectivity index (χ1v) is 8.01. The van der Waals surface area contributed by atoms with Crippen molar-refractivity contribution in [1.29, 1.82) is 0 Å². The first kappa shape index (κ1) is 14.8. The molecule has 0 atom stereocenters. The highest BCUT2D eigenvalue weighted by Crippen LogP contribution is 2.28. The van der Waals surface area contributed by atoms with Crippen molar-refractivity contribution in [3.63, 3.8) is 0 Å². The molecule has 1 N–H and O–H groups in total. The Bertz CT molecular complexity index is 598. The number of para-hydroxylation sites is 1.